The monoisotopic (exact) mass is 369 g/mol. The smallest absolute Gasteiger partial charge is 0.311 e. The number of anilines is 1. The summed E-state index contributed by atoms with van der Waals surface area (Å²) >= 11 is 1.39. The highest BCUT2D eigenvalue weighted by molar-refractivity contribution is 7.13. The van der Waals surface area contributed by atoms with Gasteiger partial charge in [-0.15, -0.1) is 11.3 Å². The number of rotatable bonds is 7. The van der Waals surface area contributed by atoms with Crippen LogP contribution in [0, 0.1) is 6.92 Å². The Bertz CT molecular complexity index is 914. The molecule has 2 aromatic heterocycles. The molecule has 0 atom stereocenters. The number of hydrazone groups is 1. The van der Waals surface area contributed by atoms with Gasteiger partial charge in [-0.2, -0.15) is 5.10 Å². The maximum atomic E-state index is 11.5. The van der Waals surface area contributed by atoms with Crippen LogP contribution in [0.5, 0.6) is 0 Å². The summed E-state index contributed by atoms with van der Waals surface area (Å²) < 4.78 is 10.6. The number of ether oxygens (including phenoxy) is 1. The van der Waals surface area contributed by atoms with Crippen molar-refractivity contribution in [3.8, 4) is 11.3 Å². The van der Waals surface area contributed by atoms with Crippen molar-refractivity contribution in [2.45, 2.75) is 20.3 Å². The van der Waals surface area contributed by atoms with Crippen molar-refractivity contribution in [3.05, 3.63) is 58.8 Å². The number of furan rings is 1. The largest absolute Gasteiger partial charge is 0.466 e. The molecule has 0 aliphatic rings. The molecule has 6 nitrogen and oxygen atoms in total. The number of carbonyl (C=O) groups excluding carboxylic acids is 1. The Labute approximate surface area is 155 Å². The molecule has 1 aromatic carbocycles. The van der Waals surface area contributed by atoms with E-state index >= 15 is 0 Å². The first kappa shape index (κ1) is 17.9. The van der Waals surface area contributed by atoms with E-state index in [1.54, 1.807) is 13.1 Å². The number of thiazole rings is 1. The third-order valence-corrected chi connectivity index (χ3v) is 4.31. The zero-order chi connectivity index (χ0) is 18.4. The van der Waals surface area contributed by atoms with E-state index in [0.29, 0.717) is 17.4 Å². The molecule has 0 saturated carbocycles. The molecule has 0 unspecified atom stereocenters. The van der Waals surface area contributed by atoms with Gasteiger partial charge in [0.25, 0.3) is 0 Å². The quantitative estimate of drug-likeness (QED) is 0.382. The normalized spacial score (nSPS) is 11.0. The number of esters is 1. The highest BCUT2D eigenvalue weighted by Gasteiger charge is 2.09. The molecule has 134 valence electrons. The van der Waals surface area contributed by atoms with Crippen LogP contribution in [0.2, 0.25) is 0 Å². The van der Waals surface area contributed by atoms with Crippen molar-refractivity contribution in [2.75, 3.05) is 12.0 Å². The van der Waals surface area contributed by atoms with Crippen LogP contribution in [0.4, 0.5) is 5.13 Å². The Morgan fingerprint density at radius 1 is 1.35 bits per heavy atom. The SMILES string of the molecule is CCOC(=O)Cc1csc(NN=Cc2ccccc2-c2ccc(C)o2)n1. The van der Waals surface area contributed by atoms with E-state index in [0.717, 1.165) is 22.6 Å². The van der Waals surface area contributed by atoms with Crippen molar-refractivity contribution < 1.29 is 13.9 Å². The van der Waals surface area contributed by atoms with Gasteiger partial charge >= 0.3 is 5.97 Å². The van der Waals surface area contributed by atoms with Crippen LogP contribution in [0.15, 0.2) is 51.3 Å². The molecule has 26 heavy (non-hydrogen) atoms. The highest BCUT2D eigenvalue weighted by atomic mass is 32.1. The molecular weight excluding hydrogens is 350 g/mol. The van der Waals surface area contributed by atoms with Gasteiger partial charge in [0.1, 0.15) is 11.5 Å². The summed E-state index contributed by atoms with van der Waals surface area (Å²) in [4.78, 5) is 15.8. The summed E-state index contributed by atoms with van der Waals surface area (Å²) in [5.74, 6) is 1.38. The highest BCUT2D eigenvalue weighted by Crippen LogP contribution is 2.24. The first-order chi connectivity index (χ1) is 12.7. The van der Waals surface area contributed by atoms with Crippen LogP contribution >= 0.6 is 11.3 Å². The standard InChI is InChI=1S/C19H19N3O3S/c1-3-24-18(23)10-15-12-26-19(21-15)22-20-11-14-6-4-5-7-16(14)17-9-8-13(2)25-17/h4-9,11-12H,3,10H2,1-2H3,(H,21,22). The maximum Gasteiger partial charge on any atom is 0.311 e. The molecule has 3 aromatic rings. The molecule has 0 spiro atoms. The topological polar surface area (TPSA) is 76.7 Å². The van der Waals surface area contributed by atoms with Gasteiger partial charge in [-0.25, -0.2) is 4.98 Å². The number of hydrogen-bond acceptors (Lipinski definition) is 7. The number of nitrogens with zero attached hydrogens (tertiary/aromatic N) is 2. The molecule has 0 amide bonds. The van der Waals surface area contributed by atoms with Crippen molar-refractivity contribution >= 4 is 28.7 Å². The van der Waals surface area contributed by atoms with Crippen molar-refractivity contribution in [1.29, 1.82) is 0 Å². The molecule has 0 fully saturated rings. The Kier molecular flexibility index (Phi) is 5.80. The fourth-order valence-electron chi connectivity index (χ4n) is 2.37. The summed E-state index contributed by atoms with van der Waals surface area (Å²) in [6.07, 6.45) is 1.88. The van der Waals surface area contributed by atoms with Crippen molar-refractivity contribution in [1.82, 2.24) is 4.98 Å². The van der Waals surface area contributed by atoms with E-state index in [-0.39, 0.29) is 12.4 Å². The minimum Gasteiger partial charge on any atom is -0.466 e. The third kappa shape index (κ3) is 4.58. The Morgan fingerprint density at radius 3 is 2.96 bits per heavy atom. The predicted molar refractivity (Wildman–Crippen MR) is 103 cm³/mol. The third-order valence-electron chi connectivity index (χ3n) is 3.51. The van der Waals surface area contributed by atoms with E-state index in [4.69, 9.17) is 9.15 Å². The van der Waals surface area contributed by atoms with Gasteiger partial charge in [-0.1, -0.05) is 24.3 Å². The van der Waals surface area contributed by atoms with Gasteiger partial charge in [-0.3, -0.25) is 10.2 Å². The molecule has 7 heteroatoms. The average molecular weight is 369 g/mol. The number of aryl methyl sites for hydroxylation is 1. The van der Waals surface area contributed by atoms with E-state index in [1.165, 1.54) is 11.3 Å². The average Bonchev–Trinajstić information content (AvgIpc) is 3.25. The van der Waals surface area contributed by atoms with E-state index in [2.05, 4.69) is 15.5 Å². The lowest BCUT2D eigenvalue weighted by Crippen LogP contribution is -2.07. The summed E-state index contributed by atoms with van der Waals surface area (Å²) in [6.45, 7) is 4.06. The second kappa shape index (κ2) is 8.44. The van der Waals surface area contributed by atoms with Crippen molar-refractivity contribution in [3.63, 3.8) is 0 Å². The number of nitrogens with one attached hydrogen (secondary N) is 1. The van der Waals surface area contributed by atoms with Crippen LogP contribution in [0.1, 0.15) is 23.9 Å². The Hall–Kier alpha value is -2.93. The molecule has 0 aliphatic carbocycles. The first-order valence-corrected chi connectivity index (χ1v) is 9.08. The molecule has 0 saturated heterocycles. The van der Waals surface area contributed by atoms with Gasteiger partial charge < -0.3 is 9.15 Å². The molecule has 3 rings (SSSR count). The minimum atomic E-state index is -0.282. The predicted octanol–water partition coefficient (Wildman–Crippen LogP) is 4.26. The van der Waals surface area contributed by atoms with Crippen LogP contribution in [-0.4, -0.2) is 23.8 Å². The number of benzene rings is 1. The van der Waals surface area contributed by atoms with Crippen LogP contribution in [0.25, 0.3) is 11.3 Å². The van der Waals surface area contributed by atoms with Crippen LogP contribution in [-0.2, 0) is 16.0 Å². The van der Waals surface area contributed by atoms with Gasteiger partial charge in [0.15, 0.2) is 0 Å². The zero-order valence-corrected chi connectivity index (χ0v) is 15.4. The molecule has 0 bridgehead atoms. The molecule has 0 radical (unpaired) electrons. The van der Waals surface area contributed by atoms with E-state index < -0.39 is 0 Å². The minimum absolute atomic E-state index is 0.163. The van der Waals surface area contributed by atoms with Gasteiger partial charge in [0, 0.05) is 16.5 Å². The zero-order valence-electron chi connectivity index (χ0n) is 14.6. The van der Waals surface area contributed by atoms with Gasteiger partial charge in [0.05, 0.1) is 24.9 Å². The van der Waals surface area contributed by atoms with Gasteiger partial charge in [-0.05, 0) is 26.0 Å². The summed E-state index contributed by atoms with van der Waals surface area (Å²) in [7, 11) is 0. The summed E-state index contributed by atoms with van der Waals surface area (Å²) in [5.41, 5.74) is 5.46. The number of hydrogen-bond donors (Lipinski definition) is 1. The number of carbonyl (C=O) groups is 1. The molecule has 2 heterocycles. The van der Waals surface area contributed by atoms with Gasteiger partial charge in [0.2, 0.25) is 5.13 Å². The second-order valence-corrected chi connectivity index (χ2v) is 6.35. The first-order valence-electron chi connectivity index (χ1n) is 8.20. The van der Waals surface area contributed by atoms with E-state index in [1.807, 2.05) is 48.7 Å². The van der Waals surface area contributed by atoms with Crippen LogP contribution < -0.4 is 5.43 Å². The summed E-state index contributed by atoms with van der Waals surface area (Å²) in [5, 5.41) is 6.68. The van der Waals surface area contributed by atoms with Crippen LogP contribution in [0.3, 0.4) is 0 Å². The van der Waals surface area contributed by atoms with Crippen molar-refractivity contribution in [2.24, 2.45) is 5.10 Å². The lowest BCUT2D eigenvalue weighted by molar-refractivity contribution is -0.142. The Morgan fingerprint density at radius 2 is 2.19 bits per heavy atom. The lowest BCUT2D eigenvalue weighted by Gasteiger charge is -2.02. The number of aromatic nitrogens is 1. The molecule has 1 N–H and O–H groups in total. The second-order valence-electron chi connectivity index (χ2n) is 5.49. The summed E-state index contributed by atoms with van der Waals surface area (Å²) in [6, 6.07) is 11.7. The molecule has 0 aliphatic heterocycles. The van der Waals surface area contributed by atoms with E-state index in [9.17, 15) is 4.79 Å². The maximum absolute atomic E-state index is 11.5. The molecular formula is C19H19N3O3S. The Balaban J connectivity index is 1.66. The lowest BCUT2D eigenvalue weighted by atomic mass is 10.1. The fourth-order valence-corrected chi connectivity index (χ4v) is 3.03. The fraction of sp³-hybridized carbons (Fsp3) is 0.211.